The second kappa shape index (κ2) is 7.80. The number of aromatic nitrogens is 1. The lowest BCUT2D eigenvalue weighted by molar-refractivity contribution is 0.00578. The predicted octanol–water partition coefficient (Wildman–Crippen LogP) is 7.96. The van der Waals surface area contributed by atoms with E-state index in [1.165, 1.54) is 26.9 Å². The van der Waals surface area contributed by atoms with Crippen molar-refractivity contribution >= 4 is 55.9 Å². The molecule has 0 radical (unpaired) electrons. The SMILES string of the molecule is CC1(C)OB(C2=C=C=CC(c3nc4ccccc4c4c5ccccc5c5ccccc5c34)=C2)OC1(C)C. The molecule has 1 fully saturated rings. The minimum Gasteiger partial charge on any atom is -0.399 e. The van der Waals surface area contributed by atoms with Crippen LogP contribution in [0.3, 0.4) is 0 Å². The van der Waals surface area contributed by atoms with Crippen molar-refractivity contribution in [1.29, 1.82) is 0 Å². The van der Waals surface area contributed by atoms with E-state index >= 15 is 0 Å². The van der Waals surface area contributed by atoms with E-state index < -0.39 is 18.3 Å². The van der Waals surface area contributed by atoms with Crippen molar-refractivity contribution in [3.63, 3.8) is 0 Å². The number of nitrogens with zero attached hydrogens (tertiary/aromatic N) is 1. The van der Waals surface area contributed by atoms with Gasteiger partial charge in [-0.1, -0.05) is 78.2 Å². The summed E-state index contributed by atoms with van der Waals surface area (Å²) in [5.74, 6) is 0. The highest BCUT2D eigenvalue weighted by molar-refractivity contribution is 6.56. The van der Waals surface area contributed by atoms with Crippen molar-refractivity contribution in [2.45, 2.75) is 38.9 Å². The Kier molecular flexibility index (Phi) is 4.70. The van der Waals surface area contributed by atoms with Crippen molar-refractivity contribution < 1.29 is 9.31 Å². The molecule has 1 saturated heterocycles. The first-order chi connectivity index (χ1) is 17.8. The maximum atomic E-state index is 6.33. The van der Waals surface area contributed by atoms with Crippen LogP contribution in [-0.4, -0.2) is 23.3 Å². The molecule has 3 nitrogen and oxygen atoms in total. The molecule has 0 N–H and O–H groups in total. The first kappa shape index (κ1) is 22.3. The van der Waals surface area contributed by atoms with E-state index in [2.05, 4.69) is 118 Å². The zero-order valence-corrected chi connectivity index (χ0v) is 21.4. The molecule has 178 valence electrons. The third-order valence-corrected chi connectivity index (χ3v) is 8.11. The summed E-state index contributed by atoms with van der Waals surface area (Å²) >= 11 is 0. The fraction of sp³-hybridized carbons (Fsp3) is 0.182. The Morgan fingerprint density at radius 1 is 0.676 bits per heavy atom. The van der Waals surface area contributed by atoms with Crippen LogP contribution in [0.5, 0.6) is 0 Å². The van der Waals surface area contributed by atoms with Gasteiger partial charge in [-0.2, -0.15) is 0 Å². The van der Waals surface area contributed by atoms with Gasteiger partial charge in [0.2, 0.25) is 0 Å². The molecule has 1 aromatic heterocycles. The summed E-state index contributed by atoms with van der Waals surface area (Å²) < 4.78 is 12.7. The molecule has 0 atom stereocenters. The number of fused-ring (bicyclic) bond motifs is 8. The molecule has 0 amide bonds. The number of rotatable bonds is 2. The molecule has 0 saturated carbocycles. The lowest BCUT2D eigenvalue weighted by Gasteiger charge is -2.32. The van der Waals surface area contributed by atoms with Crippen LogP contribution in [0.15, 0.2) is 102 Å². The molecule has 37 heavy (non-hydrogen) atoms. The van der Waals surface area contributed by atoms with Crippen molar-refractivity contribution in [2.24, 2.45) is 0 Å². The monoisotopic (exact) mass is 479 g/mol. The summed E-state index contributed by atoms with van der Waals surface area (Å²) in [4.78, 5) is 5.24. The highest BCUT2D eigenvalue weighted by atomic mass is 16.7. The zero-order chi connectivity index (χ0) is 25.4. The van der Waals surface area contributed by atoms with E-state index in [-0.39, 0.29) is 0 Å². The number of hydrogen-bond donors (Lipinski definition) is 0. The Labute approximate surface area is 216 Å². The lowest BCUT2D eigenvalue weighted by atomic mass is 9.76. The topological polar surface area (TPSA) is 31.4 Å². The molecule has 5 aromatic rings. The molecule has 2 aliphatic rings. The Balaban J connectivity index is 1.54. The fourth-order valence-corrected chi connectivity index (χ4v) is 5.51. The van der Waals surface area contributed by atoms with E-state index in [1.807, 2.05) is 6.08 Å². The number of allylic oxidation sites excluding steroid dienone is 4. The predicted molar refractivity (Wildman–Crippen MR) is 153 cm³/mol. The largest absolute Gasteiger partial charge is 0.503 e. The highest BCUT2D eigenvalue weighted by Crippen LogP contribution is 2.43. The van der Waals surface area contributed by atoms with E-state index in [1.54, 1.807) is 0 Å². The standard InChI is InChI=1S/C33H26BNO2/c1-32(2)33(3,4)37-34(36-32)22-13-11-12-21(20-22)31-30-26-17-8-6-15-24(26)23-14-5-7-16-25(23)29(30)27-18-9-10-19-28(27)35-31/h5-10,12,14-20H,1-4H3. The van der Waals surface area contributed by atoms with Crippen molar-refractivity contribution in [2.75, 3.05) is 0 Å². The normalized spacial score (nSPS) is 18.2. The summed E-state index contributed by atoms with van der Waals surface area (Å²) in [7, 11) is -0.509. The third-order valence-electron chi connectivity index (χ3n) is 8.11. The fourth-order valence-electron chi connectivity index (χ4n) is 5.51. The second-order valence-corrected chi connectivity index (χ2v) is 10.9. The summed E-state index contributed by atoms with van der Waals surface area (Å²) in [6.07, 6.45) is 4.06. The summed E-state index contributed by atoms with van der Waals surface area (Å²) in [5, 5.41) is 8.41. The highest BCUT2D eigenvalue weighted by Gasteiger charge is 2.52. The summed E-state index contributed by atoms with van der Waals surface area (Å²) in [6, 6.07) is 25.7. The van der Waals surface area contributed by atoms with Gasteiger partial charge in [0.15, 0.2) is 0 Å². The average Bonchev–Trinajstić information content (AvgIpc) is 3.14. The first-order valence-electron chi connectivity index (χ1n) is 12.8. The van der Waals surface area contributed by atoms with Crippen molar-refractivity contribution in [3.8, 4) is 0 Å². The Morgan fingerprint density at radius 2 is 1.22 bits per heavy atom. The number of hydrogen-bond acceptors (Lipinski definition) is 3. The van der Waals surface area contributed by atoms with Gasteiger partial charge in [0.25, 0.3) is 0 Å². The van der Waals surface area contributed by atoms with Gasteiger partial charge in [0, 0.05) is 27.2 Å². The molecule has 0 spiro atoms. The maximum Gasteiger partial charge on any atom is 0.503 e. The number of pyridine rings is 1. The third kappa shape index (κ3) is 3.28. The van der Waals surface area contributed by atoms with Gasteiger partial charge in [-0.25, -0.2) is 4.98 Å². The Hall–Kier alpha value is -3.91. The average molecular weight is 479 g/mol. The van der Waals surface area contributed by atoms with Crippen LogP contribution >= 0.6 is 0 Å². The first-order valence-corrected chi connectivity index (χ1v) is 12.8. The minimum absolute atomic E-state index is 0.426. The molecule has 4 aromatic carbocycles. The van der Waals surface area contributed by atoms with Crippen LogP contribution in [0.25, 0.3) is 48.8 Å². The molecule has 2 heterocycles. The molecule has 1 aliphatic heterocycles. The zero-order valence-electron chi connectivity index (χ0n) is 21.4. The Morgan fingerprint density at radius 3 is 1.86 bits per heavy atom. The number of para-hydroxylation sites is 1. The second-order valence-electron chi connectivity index (χ2n) is 10.9. The van der Waals surface area contributed by atoms with E-state index in [4.69, 9.17) is 14.3 Å². The molecule has 1 aliphatic carbocycles. The van der Waals surface area contributed by atoms with Gasteiger partial charge in [-0.15, -0.1) is 0 Å². The molecule has 4 heteroatoms. The Bertz CT molecular complexity index is 1900. The van der Waals surface area contributed by atoms with Gasteiger partial charge >= 0.3 is 7.12 Å². The van der Waals surface area contributed by atoms with Crippen LogP contribution in [0.2, 0.25) is 0 Å². The van der Waals surface area contributed by atoms with Crippen molar-refractivity contribution in [1.82, 2.24) is 4.98 Å². The van der Waals surface area contributed by atoms with E-state index in [0.717, 1.165) is 33.0 Å². The number of benzene rings is 4. The smallest absolute Gasteiger partial charge is 0.399 e. The summed E-state index contributed by atoms with van der Waals surface area (Å²) in [5.41, 5.74) is 9.32. The molecule has 7 rings (SSSR count). The molecular weight excluding hydrogens is 453 g/mol. The molecule has 0 bridgehead atoms. The van der Waals surface area contributed by atoms with Crippen LogP contribution in [0.4, 0.5) is 0 Å². The minimum atomic E-state index is -0.509. The van der Waals surface area contributed by atoms with E-state index in [0.29, 0.717) is 0 Å². The van der Waals surface area contributed by atoms with Gasteiger partial charge in [-0.05, 0) is 67.5 Å². The van der Waals surface area contributed by atoms with Crippen LogP contribution in [0.1, 0.15) is 33.4 Å². The molecule has 0 unspecified atom stereocenters. The van der Waals surface area contributed by atoms with Crippen LogP contribution < -0.4 is 0 Å². The molecular formula is C33H26BNO2. The summed E-state index contributed by atoms with van der Waals surface area (Å²) in [6.45, 7) is 8.26. The van der Waals surface area contributed by atoms with Crippen molar-refractivity contribution in [3.05, 3.63) is 108 Å². The maximum absolute atomic E-state index is 6.33. The van der Waals surface area contributed by atoms with Gasteiger partial charge in [0.05, 0.1) is 22.4 Å². The van der Waals surface area contributed by atoms with Gasteiger partial charge < -0.3 is 9.31 Å². The van der Waals surface area contributed by atoms with Gasteiger partial charge in [-0.3, -0.25) is 0 Å². The lowest BCUT2D eigenvalue weighted by Crippen LogP contribution is -2.41. The van der Waals surface area contributed by atoms with Crippen LogP contribution in [0, 0.1) is 0 Å². The van der Waals surface area contributed by atoms with Gasteiger partial charge in [0.1, 0.15) is 0 Å². The van der Waals surface area contributed by atoms with Crippen LogP contribution in [-0.2, 0) is 9.31 Å². The quantitative estimate of drug-likeness (QED) is 0.146. The van der Waals surface area contributed by atoms with E-state index in [9.17, 15) is 0 Å².